The predicted molar refractivity (Wildman–Crippen MR) is 129 cm³/mol. The minimum Gasteiger partial charge on any atom is -0.358 e. The van der Waals surface area contributed by atoms with Gasteiger partial charge in [-0.15, -0.1) is 0 Å². The fraction of sp³-hybridized carbons (Fsp3) is 0.231. The van der Waals surface area contributed by atoms with E-state index in [0.29, 0.717) is 34.6 Å². The fourth-order valence-corrected chi connectivity index (χ4v) is 4.15. The van der Waals surface area contributed by atoms with Crippen LogP contribution in [0.3, 0.4) is 0 Å². The molecule has 5 aromatic rings. The molecule has 1 atom stereocenters. The molecule has 0 amide bonds. The molecule has 1 fully saturated rings. The molecule has 0 bridgehead atoms. The molecule has 9 heteroatoms. The third kappa shape index (κ3) is 4.21. The second kappa shape index (κ2) is 9.34. The van der Waals surface area contributed by atoms with Gasteiger partial charge in [0.1, 0.15) is 41.3 Å². The number of ether oxygens (including phenoxy) is 1. The zero-order valence-electron chi connectivity index (χ0n) is 18.8. The fourth-order valence-electron chi connectivity index (χ4n) is 4.15. The van der Waals surface area contributed by atoms with Crippen molar-refractivity contribution in [1.82, 2.24) is 39.0 Å². The SMILES string of the molecule is C(C#Cc1ncnc2c1ncn2C1CCCCO1)#Cc1ncnc2c1ncn2Cc1ccccc1. The van der Waals surface area contributed by atoms with Crippen LogP contribution in [0.1, 0.15) is 42.4 Å². The molecule has 1 aliphatic heterocycles. The molecule has 5 heterocycles. The molecule has 0 saturated carbocycles. The summed E-state index contributed by atoms with van der Waals surface area (Å²) in [7, 11) is 0. The van der Waals surface area contributed by atoms with Crippen molar-refractivity contribution in [2.45, 2.75) is 32.0 Å². The van der Waals surface area contributed by atoms with Crippen LogP contribution in [-0.4, -0.2) is 45.6 Å². The first-order valence-corrected chi connectivity index (χ1v) is 11.4. The Bertz CT molecular complexity index is 1630. The number of nitrogens with zero attached hydrogens (tertiary/aromatic N) is 8. The van der Waals surface area contributed by atoms with Crippen LogP contribution in [0.15, 0.2) is 55.6 Å². The maximum absolute atomic E-state index is 5.87. The van der Waals surface area contributed by atoms with Crippen LogP contribution < -0.4 is 0 Å². The summed E-state index contributed by atoms with van der Waals surface area (Å²) in [5.74, 6) is 11.7. The van der Waals surface area contributed by atoms with Crippen molar-refractivity contribution in [1.29, 1.82) is 0 Å². The molecule has 0 aliphatic carbocycles. The van der Waals surface area contributed by atoms with Crippen molar-refractivity contribution in [2.75, 3.05) is 6.61 Å². The molecule has 0 radical (unpaired) electrons. The van der Waals surface area contributed by atoms with Crippen LogP contribution >= 0.6 is 0 Å². The Morgan fingerprint density at radius 1 is 0.800 bits per heavy atom. The van der Waals surface area contributed by atoms with E-state index in [0.717, 1.165) is 37.1 Å². The second-order valence-corrected chi connectivity index (χ2v) is 8.12. The molecule has 4 aromatic heterocycles. The van der Waals surface area contributed by atoms with E-state index in [1.165, 1.54) is 12.7 Å². The monoisotopic (exact) mass is 460 g/mol. The summed E-state index contributed by atoms with van der Waals surface area (Å²) in [6, 6.07) is 10.2. The Kier molecular flexibility index (Phi) is 5.59. The van der Waals surface area contributed by atoms with E-state index < -0.39 is 0 Å². The normalized spacial score (nSPS) is 15.4. The van der Waals surface area contributed by atoms with Crippen LogP contribution in [0.5, 0.6) is 0 Å². The summed E-state index contributed by atoms with van der Waals surface area (Å²) in [5.41, 5.74) is 4.95. The number of imidazole rings is 2. The van der Waals surface area contributed by atoms with Gasteiger partial charge in [-0.05, 0) is 48.5 Å². The topological polar surface area (TPSA) is 96.4 Å². The number of rotatable bonds is 3. The second-order valence-electron chi connectivity index (χ2n) is 8.12. The Balaban J connectivity index is 1.26. The summed E-state index contributed by atoms with van der Waals surface area (Å²) in [5, 5.41) is 0. The zero-order valence-corrected chi connectivity index (χ0v) is 18.8. The number of hydrogen-bond donors (Lipinski definition) is 0. The van der Waals surface area contributed by atoms with Crippen molar-refractivity contribution in [3.8, 4) is 23.7 Å². The van der Waals surface area contributed by atoms with Crippen LogP contribution in [0.2, 0.25) is 0 Å². The van der Waals surface area contributed by atoms with Gasteiger partial charge in [-0.25, -0.2) is 29.9 Å². The molecule has 170 valence electrons. The number of aromatic nitrogens is 8. The third-order valence-corrected chi connectivity index (χ3v) is 5.85. The Labute approximate surface area is 201 Å². The van der Waals surface area contributed by atoms with E-state index in [1.807, 2.05) is 27.3 Å². The van der Waals surface area contributed by atoms with Crippen molar-refractivity contribution in [3.05, 3.63) is 72.6 Å². The number of hydrogen-bond acceptors (Lipinski definition) is 7. The summed E-state index contributed by atoms with van der Waals surface area (Å²) in [6.45, 7) is 1.42. The van der Waals surface area contributed by atoms with Crippen LogP contribution in [0.4, 0.5) is 0 Å². The summed E-state index contributed by atoms with van der Waals surface area (Å²) < 4.78 is 9.81. The lowest BCUT2D eigenvalue weighted by Gasteiger charge is -2.23. The molecular weight excluding hydrogens is 440 g/mol. The Morgan fingerprint density at radius 3 is 2.26 bits per heavy atom. The summed E-state index contributed by atoms with van der Waals surface area (Å²) in [6.07, 6.45) is 9.59. The standard InChI is InChI=1S/C26H20N8O/c1-2-8-19(9-3-1)14-33-17-31-23-20(27-15-29-25(23)33)10-4-5-11-21-24-26(30-16-28-21)34(18-32-24)22-12-6-7-13-35-22/h1-3,8-9,15-18,22H,6-7,12-14H2. The number of benzene rings is 1. The van der Waals surface area contributed by atoms with Crippen molar-refractivity contribution >= 4 is 22.3 Å². The summed E-state index contributed by atoms with van der Waals surface area (Å²) in [4.78, 5) is 26.3. The van der Waals surface area contributed by atoms with E-state index in [4.69, 9.17) is 4.74 Å². The highest BCUT2D eigenvalue weighted by Crippen LogP contribution is 2.25. The van der Waals surface area contributed by atoms with Crippen molar-refractivity contribution < 1.29 is 4.74 Å². The lowest BCUT2D eigenvalue weighted by atomic mass is 10.2. The minimum absolute atomic E-state index is 0.0499. The first kappa shape index (κ1) is 21.0. The van der Waals surface area contributed by atoms with Gasteiger partial charge in [0, 0.05) is 6.61 Å². The van der Waals surface area contributed by atoms with Gasteiger partial charge >= 0.3 is 0 Å². The van der Waals surface area contributed by atoms with Gasteiger partial charge < -0.3 is 9.30 Å². The van der Waals surface area contributed by atoms with Gasteiger partial charge in [0.15, 0.2) is 11.3 Å². The van der Waals surface area contributed by atoms with E-state index in [2.05, 4.69) is 65.7 Å². The van der Waals surface area contributed by atoms with Gasteiger partial charge in [0.25, 0.3) is 0 Å². The third-order valence-electron chi connectivity index (χ3n) is 5.85. The quantitative estimate of drug-likeness (QED) is 0.382. The van der Waals surface area contributed by atoms with Crippen LogP contribution in [-0.2, 0) is 11.3 Å². The maximum atomic E-state index is 5.87. The predicted octanol–water partition coefficient (Wildman–Crippen LogP) is 3.12. The van der Waals surface area contributed by atoms with E-state index >= 15 is 0 Å². The number of fused-ring (bicyclic) bond motifs is 2. The highest BCUT2D eigenvalue weighted by molar-refractivity contribution is 5.78. The molecule has 1 unspecified atom stereocenters. The van der Waals surface area contributed by atoms with Crippen molar-refractivity contribution in [2.24, 2.45) is 0 Å². The molecule has 9 nitrogen and oxygen atoms in total. The van der Waals surface area contributed by atoms with Gasteiger partial charge in [-0.2, -0.15) is 0 Å². The molecule has 35 heavy (non-hydrogen) atoms. The van der Waals surface area contributed by atoms with Crippen LogP contribution in [0, 0.1) is 23.7 Å². The van der Waals surface area contributed by atoms with Gasteiger partial charge in [0.05, 0.1) is 19.2 Å². The molecule has 6 rings (SSSR count). The van der Waals surface area contributed by atoms with E-state index in [1.54, 1.807) is 12.7 Å². The molecule has 0 N–H and O–H groups in total. The summed E-state index contributed by atoms with van der Waals surface area (Å²) >= 11 is 0. The molecule has 1 saturated heterocycles. The van der Waals surface area contributed by atoms with E-state index in [-0.39, 0.29) is 6.23 Å². The lowest BCUT2D eigenvalue weighted by Crippen LogP contribution is -2.17. The van der Waals surface area contributed by atoms with Crippen molar-refractivity contribution in [3.63, 3.8) is 0 Å². The first-order valence-electron chi connectivity index (χ1n) is 11.4. The molecule has 1 aromatic carbocycles. The lowest BCUT2D eigenvalue weighted by molar-refractivity contribution is -0.0298. The highest BCUT2D eigenvalue weighted by Gasteiger charge is 2.19. The molecular formula is C26H20N8O. The highest BCUT2D eigenvalue weighted by atomic mass is 16.5. The van der Waals surface area contributed by atoms with Gasteiger partial charge in [0.2, 0.25) is 0 Å². The average Bonchev–Trinajstić information content (AvgIpc) is 3.53. The van der Waals surface area contributed by atoms with Crippen LogP contribution in [0.25, 0.3) is 22.3 Å². The minimum atomic E-state index is -0.0499. The largest absolute Gasteiger partial charge is 0.358 e. The Morgan fingerprint density at radius 2 is 1.51 bits per heavy atom. The maximum Gasteiger partial charge on any atom is 0.166 e. The average molecular weight is 461 g/mol. The van der Waals surface area contributed by atoms with Gasteiger partial charge in [-0.1, -0.05) is 30.3 Å². The molecule has 1 aliphatic rings. The van der Waals surface area contributed by atoms with E-state index in [9.17, 15) is 0 Å². The Hall–Kier alpha value is -4.60. The molecule has 0 spiro atoms. The first-order chi connectivity index (χ1) is 17.4. The smallest absolute Gasteiger partial charge is 0.166 e. The van der Waals surface area contributed by atoms with Gasteiger partial charge in [-0.3, -0.25) is 4.57 Å². The zero-order chi connectivity index (χ0) is 23.5.